The van der Waals surface area contributed by atoms with Crippen LogP contribution in [-0.2, 0) is 0 Å². The topological polar surface area (TPSA) is 53.2 Å². The third kappa shape index (κ3) is 3.51. The molecule has 0 N–H and O–H groups in total. The monoisotopic (exact) mass is 254 g/mol. The molecule has 1 aromatic carbocycles. The van der Waals surface area contributed by atoms with Gasteiger partial charge in [0.2, 0.25) is 0 Å². The third-order valence-electron chi connectivity index (χ3n) is 3.52. The van der Waals surface area contributed by atoms with E-state index in [1.165, 1.54) is 6.42 Å². The Morgan fingerprint density at radius 1 is 1.32 bits per heavy atom. The Kier molecular flexibility index (Phi) is 4.46. The quantitative estimate of drug-likeness (QED) is 0.804. The van der Waals surface area contributed by atoms with Gasteiger partial charge in [-0.3, -0.25) is 4.79 Å². The highest BCUT2D eigenvalue weighted by molar-refractivity contribution is 6.04. The van der Waals surface area contributed by atoms with E-state index in [0.717, 1.165) is 37.0 Å². The molecule has 0 radical (unpaired) electrons. The molecule has 0 bridgehead atoms. The molecule has 0 heterocycles. The van der Waals surface area contributed by atoms with E-state index in [4.69, 9.17) is 5.26 Å². The number of amides is 1. The lowest BCUT2D eigenvalue weighted by atomic mass is 9.98. The molecule has 1 amide bonds. The molecule has 1 aliphatic carbocycles. The number of nitriles is 1. The number of rotatable bonds is 2. The second-order valence-electron chi connectivity index (χ2n) is 5.02. The van der Waals surface area contributed by atoms with Gasteiger partial charge in [-0.25, -0.2) is 4.99 Å². The molecule has 1 fully saturated rings. The molecule has 1 aromatic rings. The first-order valence-corrected chi connectivity index (χ1v) is 6.81. The van der Waals surface area contributed by atoms with Crippen molar-refractivity contribution in [2.75, 3.05) is 0 Å². The first-order valence-electron chi connectivity index (χ1n) is 6.81. The van der Waals surface area contributed by atoms with Crippen molar-refractivity contribution in [3.05, 3.63) is 35.4 Å². The largest absolute Gasteiger partial charge is 0.276 e. The van der Waals surface area contributed by atoms with Gasteiger partial charge < -0.3 is 0 Å². The van der Waals surface area contributed by atoms with E-state index in [1.54, 1.807) is 12.1 Å². The van der Waals surface area contributed by atoms with Crippen molar-refractivity contribution in [1.82, 2.24) is 0 Å². The van der Waals surface area contributed by atoms with Gasteiger partial charge in [0.1, 0.15) is 0 Å². The summed E-state index contributed by atoms with van der Waals surface area (Å²) in [6.45, 7) is 1.83. The lowest BCUT2D eigenvalue weighted by molar-refractivity contribution is 0.100. The number of nitrogens with zero attached hydrogens (tertiary/aromatic N) is 2. The van der Waals surface area contributed by atoms with Gasteiger partial charge in [0, 0.05) is 11.3 Å². The summed E-state index contributed by atoms with van der Waals surface area (Å²) in [5, 5.41) is 8.92. The Morgan fingerprint density at radius 3 is 2.74 bits per heavy atom. The van der Waals surface area contributed by atoms with Crippen LogP contribution in [0.4, 0.5) is 0 Å². The molecule has 0 saturated heterocycles. The SMILES string of the molecule is CC(C#N)c1cccc(C(=O)N=C2CCCCC2)c1. The van der Waals surface area contributed by atoms with Crippen LogP contribution in [0, 0.1) is 11.3 Å². The Hall–Kier alpha value is -1.95. The number of benzene rings is 1. The molecule has 3 nitrogen and oxygen atoms in total. The lowest BCUT2D eigenvalue weighted by Gasteiger charge is -2.11. The number of hydrogen-bond donors (Lipinski definition) is 0. The molecule has 0 spiro atoms. The molecule has 19 heavy (non-hydrogen) atoms. The molecule has 0 aliphatic heterocycles. The van der Waals surface area contributed by atoms with Crippen LogP contribution in [0.2, 0.25) is 0 Å². The van der Waals surface area contributed by atoms with E-state index in [0.29, 0.717) is 5.56 Å². The summed E-state index contributed by atoms with van der Waals surface area (Å²) >= 11 is 0. The number of hydrogen-bond acceptors (Lipinski definition) is 2. The zero-order chi connectivity index (χ0) is 13.7. The highest BCUT2D eigenvalue weighted by Gasteiger charge is 2.12. The summed E-state index contributed by atoms with van der Waals surface area (Å²) in [5.74, 6) is -0.376. The maximum absolute atomic E-state index is 12.1. The summed E-state index contributed by atoms with van der Waals surface area (Å²) < 4.78 is 0. The number of carbonyl (C=O) groups is 1. The van der Waals surface area contributed by atoms with Gasteiger partial charge in [-0.1, -0.05) is 18.6 Å². The van der Waals surface area contributed by atoms with Crippen LogP contribution >= 0.6 is 0 Å². The molecule has 2 rings (SSSR count). The Balaban J connectivity index is 2.17. The minimum Gasteiger partial charge on any atom is -0.267 e. The maximum Gasteiger partial charge on any atom is 0.276 e. The fourth-order valence-corrected chi connectivity index (χ4v) is 2.30. The van der Waals surface area contributed by atoms with Crippen LogP contribution in [0.5, 0.6) is 0 Å². The summed E-state index contributed by atoms with van der Waals surface area (Å²) in [7, 11) is 0. The van der Waals surface area contributed by atoms with E-state index < -0.39 is 0 Å². The fourth-order valence-electron chi connectivity index (χ4n) is 2.30. The van der Waals surface area contributed by atoms with E-state index in [1.807, 2.05) is 19.1 Å². The summed E-state index contributed by atoms with van der Waals surface area (Å²) in [6, 6.07) is 9.42. The first-order chi connectivity index (χ1) is 9.20. The zero-order valence-corrected chi connectivity index (χ0v) is 11.2. The average molecular weight is 254 g/mol. The van der Waals surface area contributed by atoms with Crippen LogP contribution in [0.1, 0.15) is 60.9 Å². The lowest BCUT2D eigenvalue weighted by Crippen LogP contribution is -2.08. The maximum atomic E-state index is 12.1. The highest BCUT2D eigenvalue weighted by atomic mass is 16.1. The molecular formula is C16H18N2O. The van der Waals surface area contributed by atoms with E-state index in [9.17, 15) is 4.79 Å². The van der Waals surface area contributed by atoms with Gasteiger partial charge >= 0.3 is 0 Å². The molecule has 1 atom stereocenters. The van der Waals surface area contributed by atoms with Gasteiger partial charge in [0.05, 0.1) is 12.0 Å². The van der Waals surface area contributed by atoms with Gasteiger partial charge in [0.15, 0.2) is 0 Å². The van der Waals surface area contributed by atoms with Crippen LogP contribution in [0.25, 0.3) is 0 Å². The zero-order valence-electron chi connectivity index (χ0n) is 11.2. The van der Waals surface area contributed by atoms with Crippen molar-refractivity contribution in [3.8, 4) is 6.07 Å². The van der Waals surface area contributed by atoms with Crippen LogP contribution in [0.3, 0.4) is 0 Å². The summed E-state index contributed by atoms with van der Waals surface area (Å²) in [4.78, 5) is 16.3. The Morgan fingerprint density at radius 2 is 2.05 bits per heavy atom. The summed E-state index contributed by atoms with van der Waals surface area (Å²) in [5.41, 5.74) is 2.48. The van der Waals surface area contributed by atoms with E-state index in [2.05, 4.69) is 11.1 Å². The predicted molar refractivity (Wildman–Crippen MR) is 75.3 cm³/mol. The van der Waals surface area contributed by atoms with Gasteiger partial charge in [-0.15, -0.1) is 0 Å². The predicted octanol–water partition coefficient (Wildman–Crippen LogP) is 3.86. The standard InChI is InChI=1S/C16H18N2O/c1-12(11-17)13-6-5-7-14(10-13)16(19)18-15-8-3-2-4-9-15/h5-7,10,12H,2-4,8-9H2,1H3. The fraction of sp³-hybridized carbons (Fsp3) is 0.438. The van der Waals surface area contributed by atoms with Crippen molar-refractivity contribution in [3.63, 3.8) is 0 Å². The van der Waals surface area contributed by atoms with Crippen molar-refractivity contribution in [2.45, 2.75) is 44.9 Å². The smallest absolute Gasteiger partial charge is 0.267 e. The van der Waals surface area contributed by atoms with Crippen LogP contribution in [-0.4, -0.2) is 11.6 Å². The normalized spacial score (nSPS) is 16.5. The van der Waals surface area contributed by atoms with Crippen molar-refractivity contribution in [2.24, 2.45) is 4.99 Å². The number of aliphatic imine (C=N–C) groups is 1. The molecule has 1 saturated carbocycles. The third-order valence-corrected chi connectivity index (χ3v) is 3.52. The van der Waals surface area contributed by atoms with Crippen molar-refractivity contribution >= 4 is 11.6 Å². The van der Waals surface area contributed by atoms with Gasteiger partial charge in [-0.2, -0.15) is 5.26 Å². The molecule has 3 heteroatoms. The van der Waals surface area contributed by atoms with Crippen LogP contribution in [0.15, 0.2) is 29.3 Å². The van der Waals surface area contributed by atoms with Crippen molar-refractivity contribution in [1.29, 1.82) is 5.26 Å². The van der Waals surface area contributed by atoms with Crippen LogP contribution < -0.4 is 0 Å². The molecular weight excluding hydrogens is 236 g/mol. The van der Waals surface area contributed by atoms with Gasteiger partial charge in [0.25, 0.3) is 5.91 Å². The Labute approximate surface area is 114 Å². The number of carbonyl (C=O) groups excluding carboxylic acids is 1. The average Bonchev–Trinajstić information content (AvgIpc) is 2.47. The first kappa shape index (κ1) is 13.5. The van der Waals surface area contributed by atoms with Gasteiger partial charge in [-0.05, 0) is 50.3 Å². The second-order valence-corrected chi connectivity index (χ2v) is 5.02. The minimum absolute atomic E-state index is 0.177. The molecule has 1 aliphatic rings. The minimum atomic E-state index is -0.199. The highest BCUT2D eigenvalue weighted by Crippen LogP contribution is 2.18. The molecule has 0 aromatic heterocycles. The van der Waals surface area contributed by atoms with Crippen molar-refractivity contribution < 1.29 is 4.79 Å². The summed E-state index contributed by atoms with van der Waals surface area (Å²) in [6.07, 6.45) is 5.40. The molecule has 1 unspecified atom stereocenters. The Bertz CT molecular complexity index is 532. The van der Waals surface area contributed by atoms with E-state index >= 15 is 0 Å². The van der Waals surface area contributed by atoms with E-state index in [-0.39, 0.29) is 11.8 Å². The second kappa shape index (κ2) is 6.29. The molecule has 98 valence electrons.